The Morgan fingerprint density at radius 2 is 1.94 bits per heavy atom. The Bertz CT molecular complexity index is 502. The molecule has 1 aliphatic heterocycles. The van der Waals surface area contributed by atoms with E-state index < -0.39 is 9.84 Å². The van der Waals surface area contributed by atoms with Crippen LogP contribution in [0.4, 0.5) is 0 Å². The summed E-state index contributed by atoms with van der Waals surface area (Å²) in [4.78, 5) is 8.09. The molecule has 1 saturated heterocycles. The maximum atomic E-state index is 12.2. The molecule has 0 aromatic carbocycles. The lowest BCUT2D eigenvalue weighted by Crippen LogP contribution is -2.39. The molecule has 1 aromatic rings. The number of aromatic nitrogens is 2. The van der Waals surface area contributed by atoms with Crippen molar-refractivity contribution in [2.45, 2.75) is 44.3 Å². The van der Waals surface area contributed by atoms with E-state index in [0.29, 0.717) is 11.4 Å². The van der Waals surface area contributed by atoms with Gasteiger partial charge in [0.15, 0.2) is 0 Å². The summed E-state index contributed by atoms with van der Waals surface area (Å²) in [7, 11) is -3.39. The summed E-state index contributed by atoms with van der Waals surface area (Å²) in [6.45, 7) is 4.47. The van der Waals surface area contributed by atoms with Crippen LogP contribution in [0, 0.1) is 13.8 Å². The normalized spacial score (nSPS) is 20.9. The van der Waals surface area contributed by atoms with Crippen LogP contribution >= 0.6 is 0 Å². The maximum absolute atomic E-state index is 12.2. The van der Waals surface area contributed by atoms with Crippen LogP contribution in [0.5, 0.6) is 0 Å². The van der Waals surface area contributed by atoms with Gasteiger partial charge in [-0.3, -0.25) is 0 Å². The van der Waals surface area contributed by atoms with Gasteiger partial charge in [0.2, 0.25) is 15.0 Å². The number of nitrogens with zero attached hydrogens (tertiary/aromatic N) is 2. The Morgan fingerprint density at radius 3 is 2.50 bits per heavy atom. The molecule has 0 saturated carbocycles. The third kappa shape index (κ3) is 3.26. The van der Waals surface area contributed by atoms with Crippen molar-refractivity contribution < 1.29 is 8.42 Å². The van der Waals surface area contributed by atoms with Crippen molar-refractivity contribution in [1.82, 2.24) is 15.3 Å². The first kappa shape index (κ1) is 13.4. The number of hydrogen-bond acceptors (Lipinski definition) is 5. The Labute approximate surface area is 108 Å². The lowest BCUT2D eigenvalue weighted by Gasteiger charge is -2.22. The molecule has 0 amide bonds. The largest absolute Gasteiger partial charge is 0.313 e. The molecule has 0 spiro atoms. The fourth-order valence-corrected chi connectivity index (χ4v) is 3.77. The fraction of sp³-hybridized carbons (Fsp3) is 0.667. The van der Waals surface area contributed by atoms with Crippen molar-refractivity contribution in [1.29, 1.82) is 0 Å². The topological polar surface area (TPSA) is 72.0 Å². The Balaban J connectivity index is 2.19. The van der Waals surface area contributed by atoms with E-state index in [-0.39, 0.29) is 17.0 Å². The average Bonchev–Trinajstić information content (AvgIpc) is 2.28. The number of nitrogens with one attached hydrogen (secondary N) is 1. The van der Waals surface area contributed by atoms with Crippen LogP contribution in [-0.4, -0.2) is 36.7 Å². The van der Waals surface area contributed by atoms with Crippen LogP contribution in [-0.2, 0) is 9.84 Å². The highest BCUT2D eigenvalue weighted by molar-refractivity contribution is 7.91. The van der Waals surface area contributed by atoms with E-state index in [0.717, 1.165) is 25.8 Å². The highest BCUT2D eigenvalue weighted by Gasteiger charge is 2.25. The molecule has 100 valence electrons. The number of aryl methyl sites for hydroxylation is 2. The summed E-state index contributed by atoms with van der Waals surface area (Å²) >= 11 is 0. The van der Waals surface area contributed by atoms with Crippen LogP contribution in [0.3, 0.4) is 0 Å². The first-order valence-electron chi connectivity index (χ1n) is 6.26. The van der Waals surface area contributed by atoms with Crippen molar-refractivity contribution in [3.63, 3.8) is 0 Å². The van der Waals surface area contributed by atoms with Gasteiger partial charge < -0.3 is 5.32 Å². The van der Waals surface area contributed by atoms with Crippen molar-refractivity contribution in [2.75, 3.05) is 12.3 Å². The second kappa shape index (κ2) is 5.32. The third-order valence-corrected chi connectivity index (χ3v) is 4.65. The van der Waals surface area contributed by atoms with Crippen LogP contribution in [0.15, 0.2) is 11.2 Å². The SMILES string of the molecule is Cc1cc(C)nc(S(=O)(=O)C[C@H]2CCCCN2)n1. The van der Waals surface area contributed by atoms with Gasteiger partial charge in [-0.2, -0.15) is 0 Å². The van der Waals surface area contributed by atoms with E-state index in [4.69, 9.17) is 0 Å². The molecule has 6 heteroatoms. The molecule has 5 nitrogen and oxygen atoms in total. The van der Waals surface area contributed by atoms with E-state index in [1.165, 1.54) is 0 Å². The zero-order chi connectivity index (χ0) is 13.2. The minimum Gasteiger partial charge on any atom is -0.313 e. The monoisotopic (exact) mass is 269 g/mol. The highest BCUT2D eigenvalue weighted by Crippen LogP contribution is 2.14. The van der Waals surface area contributed by atoms with Crippen LogP contribution in [0.2, 0.25) is 0 Å². The maximum Gasteiger partial charge on any atom is 0.247 e. The first-order chi connectivity index (χ1) is 8.47. The molecule has 18 heavy (non-hydrogen) atoms. The predicted octanol–water partition coefficient (Wildman–Crippen LogP) is 1.01. The quantitative estimate of drug-likeness (QED) is 0.829. The Kier molecular flexibility index (Phi) is 3.97. The van der Waals surface area contributed by atoms with Gasteiger partial charge in [0.1, 0.15) is 0 Å². The molecule has 1 fully saturated rings. The van der Waals surface area contributed by atoms with Gasteiger partial charge in [-0.15, -0.1) is 0 Å². The second-order valence-electron chi connectivity index (χ2n) is 4.86. The van der Waals surface area contributed by atoms with Crippen LogP contribution in [0.1, 0.15) is 30.7 Å². The number of sulfone groups is 1. The minimum atomic E-state index is -3.39. The lowest BCUT2D eigenvalue weighted by atomic mass is 10.1. The van der Waals surface area contributed by atoms with Gasteiger partial charge in [0.05, 0.1) is 5.75 Å². The van der Waals surface area contributed by atoms with E-state index in [1.807, 2.05) is 0 Å². The van der Waals surface area contributed by atoms with Gasteiger partial charge in [0.25, 0.3) is 0 Å². The van der Waals surface area contributed by atoms with Crippen molar-refractivity contribution >= 4 is 9.84 Å². The molecule has 0 bridgehead atoms. The molecule has 0 unspecified atom stereocenters. The summed E-state index contributed by atoms with van der Waals surface area (Å²) in [5, 5.41) is 3.20. The molecule has 1 N–H and O–H groups in total. The summed E-state index contributed by atoms with van der Waals surface area (Å²) in [6, 6.07) is 1.81. The molecule has 0 aliphatic carbocycles. The highest BCUT2D eigenvalue weighted by atomic mass is 32.2. The summed E-state index contributed by atoms with van der Waals surface area (Å²) in [6.07, 6.45) is 3.11. The van der Waals surface area contributed by atoms with Crippen LogP contribution in [0.25, 0.3) is 0 Å². The average molecular weight is 269 g/mol. The van der Waals surface area contributed by atoms with Gasteiger partial charge in [-0.05, 0) is 39.3 Å². The minimum absolute atomic E-state index is 0.0348. The smallest absolute Gasteiger partial charge is 0.247 e. The molecule has 1 aliphatic rings. The molecular weight excluding hydrogens is 250 g/mol. The number of piperidine rings is 1. The van der Waals surface area contributed by atoms with Gasteiger partial charge >= 0.3 is 0 Å². The Morgan fingerprint density at radius 1 is 1.28 bits per heavy atom. The predicted molar refractivity (Wildman–Crippen MR) is 69.2 cm³/mol. The lowest BCUT2D eigenvalue weighted by molar-refractivity contribution is 0.423. The first-order valence-corrected chi connectivity index (χ1v) is 7.91. The fourth-order valence-electron chi connectivity index (χ4n) is 2.24. The third-order valence-electron chi connectivity index (χ3n) is 3.07. The van der Waals surface area contributed by atoms with E-state index >= 15 is 0 Å². The summed E-state index contributed by atoms with van der Waals surface area (Å²) in [5.74, 6) is 0.0931. The van der Waals surface area contributed by atoms with E-state index in [2.05, 4.69) is 15.3 Å². The molecule has 0 radical (unpaired) electrons. The zero-order valence-electron chi connectivity index (χ0n) is 10.8. The second-order valence-corrected chi connectivity index (χ2v) is 6.79. The van der Waals surface area contributed by atoms with Gasteiger partial charge in [-0.25, -0.2) is 18.4 Å². The zero-order valence-corrected chi connectivity index (χ0v) is 11.6. The standard InChI is InChI=1S/C12H19N3O2S/c1-9-7-10(2)15-12(14-9)18(16,17)8-11-5-3-4-6-13-11/h7,11,13H,3-6,8H2,1-2H3/t11-/m1/s1. The number of hydrogen-bond donors (Lipinski definition) is 1. The molecule has 2 rings (SSSR count). The molecular formula is C12H19N3O2S. The summed E-state index contributed by atoms with van der Waals surface area (Å²) in [5.41, 5.74) is 1.38. The molecule has 2 heterocycles. The van der Waals surface area contributed by atoms with Crippen molar-refractivity contribution in [3.8, 4) is 0 Å². The van der Waals surface area contributed by atoms with E-state index in [9.17, 15) is 8.42 Å². The summed E-state index contributed by atoms with van der Waals surface area (Å²) < 4.78 is 24.5. The van der Waals surface area contributed by atoms with Crippen molar-refractivity contribution in [3.05, 3.63) is 17.5 Å². The molecule has 1 atom stereocenters. The Hall–Kier alpha value is -1.01. The van der Waals surface area contributed by atoms with Gasteiger partial charge in [0, 0.05) is 17.4 Å². The van der Waals surface area contributed by atoms with Gasteiger partial charge in [-0.1, -0.05) is 6.42 Å². The van der Waals surface area contributed by atoms with E-state index in [1.54, 1.807) is 19.9 Å². The van der Waals surface area contributed by atoms with Crippen molar-refractivity contribution in [2.24, 2.45) is 0 Å². The van der Waals surface area contributed by atoms with Crippen LogP contribution < -0.4 is 5.32 Å². The molecule has 1 aromatic heterocycles. The number of rotatable bonds is 3.